The van der Waals surface area contributed by atoms with E-state index in [1.807, 2.05) is 0 Å². The predicted octanol–water partition coefficient (Wildman–Crippen LogP) is -0.314. The van der Waals surface area contributed by atoms with Crippen LogP contribution in [0, 0.1) is 0 Å². The van der Waals surface area contributed by atoms with Gasteiger partial charge in [0.05, 0.1) is 19.8 Å². The molecule has 5 nitrogen and oxygen atoms in total. The second kappa shape index (κ2) is 5.77. The number of aliphatic hydroxyl groups excluding tert-OH is 3. The number of hydrogen-bond acceptors (Lipinski definition) is 5. The van der Waals surface area contributed by atoms with Gasteiger partial charge in [-0.05, 0) is 0 Å². The number of aromatic hydroxyl groups is 1. The van der Waals surface area contributed by atoms with E-state index >= 15 is 0 Å². The maximum Gasteiger partial charge on any atom is 0.145 e. The Morgan fingerprint density at radius 1 is 1.07 bits per heavy atom. The molecule has 6 heteroatoms. The molecule has 14 heavy (non-hydrogen) atoms. The van der Waals surface area contributed by atoms with Gasteiger partial charge in [0.15, 0.2) is 0 Å². The third kappa shape index (κ3) is 2.33. The molecular weight excluding hydrogens is 210 g/mol. The summed E-state index contributed by atoms with van der Waals surface area (Å²) in [4.78, 5) is 3.71. The largest absolute Gasteiger partial charge is 0.506 e. The Morgan fingerprint density at radius 3 is 2.14 bits per heavy atom. The Kier molecular flexibility index (Phi) is 5.40. The van der Waals surface area contributed by atoms with Crippen molar-refractivity contribution in [2.45, 2.75) is 19.8 Å². The van der Waals surface area contributed by atoms with Gasteiger partial charge >= 0.3 is 0 Å². The molecule has 0 saturated heterocycles. The standard InChI is InChI=1S/C8H11NO4.ClH/c10-2-5-1-9-7(4-12)8(13)6(5)3-11;/h1,10-13H,2-4H2;1H. The van der Waals surface area contributed by atoms with E-state index < -0.39 is 13.2 Å². The summed E-state index contributed by atoms with van der Waals surface area (Å²) in [5.74, 6) is -0.253. The molecule has 0 amide bonds. The van der Waals surface area contributed by atoms with E-state index in [0.29, 0.717) is 5.56 Å². The molecule has 1 rings (SSSR count). The van der Waals surface area contributed by atoms with Crippen molar-refractivity contribution in [3.8, 4) is 5.75 Å². The topological polar surface area (TPSA) is 93.8 Å². The Balaban J connectivity index is 0.00000169. The summed E-state index contributed by atoms with van der Waals surface area (Å²) in [7, 11) is 0. The van der Waals surface area contributed by atoms with Crippen LogP contribution in [-0.2, 0) is 19.8 Å². The summed E-state index contributed by atoms with van der Waals surface area (Å²) < 4.78 is 0. The Bertz CT molecular complexity index is 306. The number of rotatable bonds is 3. The first kappa shape index (κ1) is 13.1. The van der Waals surface area contributed by atoms with Gasteiger partial charge in [-0.2, -0.15) is 0 Å². The lowest BCUT2D eigenvalue weighted by atomic mass is 10.1. The van der Waals surface area contributed by atoms with E-state index in [4.69, 9.17) is 15.3 Å². The summed E-state index contributed by atoms with van der Waals surface area (Å²) in [5.41, 5.74) is 0.667. The molecule has 0 spiro atoms. The molecule has 0 aliphatic rings. The highest BCUT2D eigenvalue weighted by molar-refractivity contribution is 5.85. The smallest absolute Gasteiger partial charge is 0.145 e. The fourth-order valence-electron chi connectivity index (χ4n) is 1.05. The van der Waals surface area contributed by atoms with Gasteiger partial charge in [0, 0.05) is 17.3 Å². The second-order valence-electron chi connectivity index (χ2n) is 2.53. The van der Waals surface area contributed by atoms with Gasteiger partial charge in [0.2, 0.25) is 0 Å². The molecule has 0 aliphatic carbocycles. The van der Waals surface area contributed by atoms with Gasteiger partial charge < -0.3 is 20.4 Å². The van der Waals surface area contributed by atoms with Crippen LogP contribution in [0.15, 0.2) is 6.20 Å². The maximum atomic E-state index is 9.41. The van der Waals surface area contributed by atoms with Crippen LogP contribution >= 0.6 is 12.4 Å². The first-order valence-electron chi connectivity index (χ1n) is 3.75. The number of aliphatic hydroxyl groups is 3. The van der Waals surface area contributed by atoms with Gasteiger partial charge in [-0.1, -0.05) is 0 Å². The molecule has 0 aromatic carbocycles. The minimum Gasteiger partial charge on any atom is -0.506 e. The number of pyridine rings is 1. The summed E-state index contributed by atoms with van der Waals surface area (Å²) in [6.45, 7) is -1.09. The normalized spacial score (nSPS) is 9.64. The first-order chi connectivity index (χ1) is 6.24. The highest BCUT2D eigenvalue weighted by Gasteiger charge is 2.11. The van der Waals surface area contributed by atoms with Crippen LogP contribution in [0.25, 0.3) is 0 Å². The summed E-state index contributed by atoms with van der Waals surface area (Å²) in [6.07, 6.45) is 1.32. The number of nitrogens with zero attached hydrogens (tertiary/aromatic N) is 1. The lowest BCUT2D eigenvalue weighted by Gasteiger charge is -2.08. The fourth-order valence-corrected chi connectivity index (χ4v) is 1.05. The van der Waals surface area contributed by atoms with E-state index in [9.17, 15) is 5.11 Å². The summed E-state index contributed by atoms with van der Waals surface area (Å²) in [5, 5.41) is 35.8. The van der Waals surface area contributed by atoms with Crippen LogP contribution in [0.1, 0.15) is 16.8 Å². The molecule has 0 bridgehead atoms. The molecule has 0 atom stereocenters. The van der Waals surface area contributed by atoms with Crippen LogP contribution in [0.3, 0.4) is 0 Å². The van der Waals surface area contributed by atoms with E-state index in [1.54, 1.807) is 0 Å². The van der Waals surface area contributed by atoms with Crippen LogP contribution in [0.4, 0.5) is 0 Å². The molecule has 0 unspecified atom stereocenters. The van der Waals surface area contributed by atoms with Crippen LogP contribution in [-0.4, -0.2) is 25.4 Å². The first-order valence-corrected chi connectivity index (χ1v) is 3.75. The zero-order valence-electron chi connectivity index (χ0n) is 7.34. The Hall–Kier alpha value is -0.880. The zero-order chi connectivity index (χ0) is 9.84. The van der Waals surface area contributed by atoms with Crippen LogP contribution in [0.5, 0.6) is 5.75 Å². The number of halogens is 1. The lowest BCUT2D eigenvalue weighted by Crippen LogP contribution is -2.00. The second-order valence-corrected chi connectivity index (χ2v) is 2.53. The molecule has 80 valence electrons. The summed E-state index contributed by atoms with van der Waals surface area (Å²) in [6, 6.07) is 0. The summed E-state index contributed by atoms with van der Waals surface area (Å²) >= 11 is 0. The molecule has 0 aliphatic heterocycles. The monoisotopic (exact) mass is 221 g/mol. The molecule has 1 aromatic rings. The third-order valence-electron chi connectivity index (χ3n) is 1.80. The van der Waals surface area contributed by atoms with Gasteiger partial charge in [-0.3, -0.25) is 4.98 Å². The van der Waals surface area contributed by atoms with E-state index in [-0.39, 0.29) is 36.0 Å². The minimum atomic E-state index is -0.398. The molecule has 4 N–H and O–H groups in total. The highest BCUT2D eigenvalue weighted by Crippen LogP contribution is 2.24. The highest BCUT2D eigenvalue weighted by atomic mass is 35.5. The van der Waals surface area contributed by atoms with Crippen molar-refractivity contribution in [3.05, 3.63) is 23.0 Å². The predicted molar refractivity (Wildman–Crippen MR) is 50.9 cm³/mol. The minimum absolute atomic E-state index is 0. The SMILES string of the molecule is Cl.OCc1cnc(CO)c(O)c1CO. The van der Waals surface area contributed by atoms with Gasteiger partial charge in [0.25, 0.3) is 0 Å². The van der Waals surface area contributed by atoms with E-state index in [0.717, 1.165) is 0 Å². The molecule has 0 radical (unpaired) electrons. The van der Waals surface area contributed by atoms with Crippen molar-refractivity contribution in [1.82, 2.24) is 4.98 Å². The van der Waals surface area contributed by atoms with E-state index in [1.165, 1.54) is 6.20 Å². The van der Waals surface area contributed by atoms with Crippen molar-refractivity contribution in [2.24, 2.45) is 0 Å². The van der Waals surface area contributed by atoms with Crippen molar-refractivity contribution in [2.75, 3.05) is 0 Å². The number of aromatic nitrogens is 1. The lowest BCUT2D eigenvalue weighted by molar-refractivity contribution is 0.246. The Labute approximate surface area is 87.1 Å². The van der Waals surface area contributed by atoms with Gasteiger partial charge in [-0.15, -0.1) is 12.4 Å². The maximum absolute atomic E-state index is 9.41. The molecular formula is C8H12ClNO4. The van der Waals surface area contributed by atoms with Gasteiger partial charge in [0.1, 0.15) is 11.4 Å². The van der Waals surface area contributed by atoms with Crippen molar-refractivity contribution in [3.63, 3.8) is 0 Å². The zero-order valence-corrected chi connectivity index (χ0v) is 8.16. The molecule has 0 saturated carbocycles. The fraction of sp³-hybridized carbons (Fsp3) is 0.375. The molecule has 1 heterocycles. The van der Waals surface area contributed by atoms with Crippen molar-refractivity contribution < 1.29 is 20.4 Å². The molecule has 1 aromatic heterocycles. The number of hydrogen-bond donors (Lipinski definition) is 4. The van der Waals surface area contributed by atoms with E-state index in [2.05, 4.69) is 4.98 Å². The quantitative estimate of drug-likeness (QED) is 0.562. The van der Waals surface area contributed by atoms with Crippen LogP contribution in [0.2, 0.25) is 0 Å². The van der Waals surface area contributed by atoms with Gasteiger partial charge in [-0.25, -0.2) is 0 Å². The average molecular weight is 222 g/mol. The Morgan fingerprint density at radius 2 is 1.71 bits per heavy atom. The van der Waals surface area contributed by atoms with Crippen molar-refractivity contribution in [1.29, 1.82) is 0 Å². The third-order valence-corrected chi connectivity index (χ3v) is 1.80. The van der Waals surface area contributed by atoms with Crippen molar-refractivity contribution >= 4 is 12.4 Å². The molecule has 0 fully saturated rings. The average Bonchev–Trinajstić information content (AvgIpc) is 2.17. The van der Waals surface area contributed by atoms with Crippen LogP contribution < -0.4 is 0 Å².